The van der Waals surface area contributed by atoms with Gasteiger partial charge in [-0.3, -0.25) is 4.79 Å². The first kappa shape index (κ1) is 13.3. The molecule has 0 radical (unpaired) electrons. The van der Waals surface area contributed by atoms with E-state index in [0.717, 1.165) is 22.6 Å². The number of hydrazone groups is 1. The molecule has 1 aliphatic rings. The molecule has 20 heavy (non-hydrogen) atoms. The van der Waals surface area contributed by atoms with Crippen LogP contribution in [-0.2, 0) is 4.79 Å². The van der Waals surface area contributed by atoms with E-state index in [2.05, 4.69) is 5.10 Å². The number of thiophene rings is 1. The van der Waals surface area contributed by atoms with Crippen LogP contribution in [0.3, 0.4) is 0 Å². The molecule has 2 aromatic rings. The van der Waals surface area contributed by atoms with Crippen LogP contribution in [0.15, 0.2) is 52.9 Å². The third-order valence-corrected chi connectivity index (χ3v) is 4.46. The fraction of sp³-hybridized carbons (Fsp3) is 0.200. The first-order valence-corrected chi connectivity index (χ1v) is 7.75. The van der Waals surface area contributed by atoms with E-state index in [4.69, 9.17) is 11.6 Å². The summed E-state index contributed by atoms with van der Waals surface area (Å²) in [5.41, 5.74) is 1.99. The Morgan fingerprint density at radius 3 is 2.75 bits per heavy atom. The molecule has 5 heteroatoms. The van der Waals surface area contributed by atoms with Gasteiger partial charge < -0.3 is 0 Å². The van der Waals surface area contributed by atoms with E-state index >= 15 is 0 Å². The molecule has 0 fully saturated rings. The molecule has 0 saturated heterocycles. The van der Waals surface area contributed by atoms with Crippen LogP contribution in [0.25, 0.3) is 0 Å². The number of halogens is 1. The van der Waals surface area contributed by atoms with Gasteiger partial charge in [-0.15, -0.1) is 22.9 Å². The third-order valence-electron chi connectivity index (χ3n) is 3.26. The standard InChI is InChI=1S/C15H13ClN2OS/c16-10-15(19)18-13(14-7-4-8-20-14)9-12(17-18)11-5-2-1-3-6-11/h1-8,13H,9-10H2. The van der Waals surface area contributed by atoms with Gasteiger partial charge in [0.1, 0.15) is 5.88 Å². The van der Waals surface area contributed by atoms with Gasteiger partial charge in [-0.25, -0.2) is 5.01 Å². The van der Waals surface area contributed by atoms with Crippen LogP contribution in [-0.4, -0.2) is 22.5 Å². The van der Waals surface area contributed by atoms with Crippen LogP contribution in [0.1, 0.15) is 22.9 Å². The lowest BCUT2D eigenvalue weighted by atomic mass is 10.0. The molecule has 1 amide bonds. The van der Waals surface area contributed by atoms with Crippen molar-refractivity contribution in [3.05, 3.63) is 58.3 Å². The number of hydrogen-bond donors (Lipinski definition) is 0. The lowest BCUT2D eigenvalue weighted by Gasteiger charge is -2.19. The Hall–Kier alpha value is -1.65. The molecule has 0 spiro atoms. The van der Waals surface area contributed by atoms with Gasteiger partial charge in [0, 0.05) is 11.3 Å². The third kappa shape index (κ3) is 2.49. The smallest absolute Gasteiger partial charge is 0.258 e. The number of amides is 1. The molecule has 1 aromatic carbocycles. The number of carbonyl (C=O) groups excluding carboxylic acids is 1. The van der Waals surface area contributed by atoms with Crippen molar-refractivity contribution in [3.8, 4) is 0 Å². The van der Waals surface area contributed by atoms with Gasteiger partial charge in [-0.1, -0.05) is 36.4 Å². The topological polar surface area (TPSA) is 32.7 Å². The number of carbonyl (C=O) groups is 1. The molecule has 3 rings (SSSR count). The molecule has 102 valence electrons. The number of rotatable bonds is 3. The maximum absolute atomic E-state index is 12.0. The minimum Gasteiger partial charge on any atom is -0.272 e. The van der Waals surface area contributed by atoms with E-state index < -0.39 is 0 Å². The minimum absolute atomic E-state index is 0.0311. The highest BCUT2D eigenvalue weighted by Gasteiger charge is 2.33. The first-order chi connectivity index (χ1) is 9.79. The normalized spacial score (nSPS) is 18.1. The summed E-state index contributed by atoms with van der Waals surface area (Å²) in [6.45, 7) is 0. The predicted octanol–water partition coefficient (Wildman–Crippen LogP) is 3.66. The van der Waals surface area contributed by atoms with Crippen LogP contribution < -0.4 is 0 Å². The Morgan fingerprint density at radius 2 is 2.10 bits per heavy atom. The van der Waals surface area contributed by atoms with E-state index in [-0.39, 0.29) is 17.8 Å². The molecule has 1 atom stereocenters. The van der Waals surface area contributed by atoms with Crippen LogP contribution in [0, 0.1) is 0 Å². The molecule has 1 unspecified atom stereocenters. The summed E-state index contributed by atoms with van der Waals surface area (Å²) in [6, 6.07) is 13.9. The Kier molecular flexibility index (Phi) is 3.85. The maximum Gasteiger partial charge on any atom is 0.258 e. The van der Waals surface area contributed by atoms with Crippen LogP contribution in [0.2, 0.25) is 0 Å². The van der Waals surface area contributed by atoms with E-state index in [9.17, 15) is 4.79 Å². The van der Waals surface area contributed by atoms with Crippen molar-refractivity contribution in [2.45, 2.75) is 12.5 Å². The van der Waals surface area contributed by atoms with Gasteiger partial charge >= 0.3 is 0 Å². The van der Waals surface area contributed by atoms with Gasteiger partial charge in [0.25, 0.3) is 5.91 Å². The quantitative estimate of drug-likeness (QED) is 0.796. The Morgan fingerprint density at radius 1 is 1.30 bits per heavy atom. The molecule has 0 N–H and O–H groups in total. The zero-order chi connectivity index (χ0) is 13.9. The molecular weight excluding hydrogens is 292 g/mol. The predicted molar refractivity (Wildman–Crippen MR) is 82.2 cm³/mol. The largest absolute Gasteiger partial charge is 0.272 e. The maximum atomic E-state index is 12.0. The highest BCUT2D eigenvalue weighted by molar-refractivity contribution is 7.10. The Labute approximate surface area is 126 Å². The molecule has 1 aliphatic heterocycles. The fourth-order valence-corrected chi connectivity index (χ4v) is 3.24. The van der Waals surface area contributed by atoms with E-state index in [1.54, 1.807) is 11.3 Å². The molecule has 0 aliphatic carbocycles. The number of alkyl halides is 1. The minimum atomic E-state index is -0.156. The highest BCUT2D eigenvalue weighted by atomic mass is 35.5. The lowest BCUT2D eigenvalue weighted by Crippen LogP contribution is -2.27. The number of nitrogens with zero attached hydrogens (tertiary/aromatic N) is 2. The van der Waals surface area contributed by atoms with Crippen LogP contribution >= 0.6 is 22.9 Å². The highest BCUT2D eigenvalue weighted by Crippen LogP contribution is 2.35. The summed E-state index contributed by atoms with van der Waals surface area (Å²) in [4.78, 5) is 13.1. The molecule has 2 heterocycles. The average Bonchev–Trinajstić information content (AvgIpc) is 3.16. The summed E-state index contributed by atoms with van der Waals surface area (Å²) < 4.78 is 0. The lowest BCUT2D eigenvalue weighted by molar-refractivity contribution is -0.130. The van der Waals surface area contributed by atoms with Crippen molar-refractivity contribution in [2.24, 2.45) is 5.10 Å². The van der Waals surface area contributed by atoms with Crippen LogP contribution in [0.4, 0.5) is 0 Å². The summed E-state index contributed by atoms with van der Waals surface area (Å²) in [5, 5.41) is 8.03. The summed E-state index contributed by atoms with van der Waals surface area (Å²) >= 11 is 7.33. The molecule has 0 saturated carbocycles. The second-order valence-corrected chi connectivity index (χ2v) is 5.77. The Balaban J connectivity index is 1.93. The van der Waals surface area contributed by atoms with E-state index in [1.165, 1.54) is 5.01 Å². The molecular formula is C15H13ClN2OS. The average molecular weight is 305 g/mol. The zero-order valence-corrected chi connectivity index (χ0v) is 12.3. The summed E-state index contributed by atoms with van der Waals surface area (Å²) in [5.74, 6) is -0.205. The molecule has 3 nitrogen and oxygen atoms in total. The first-order valence-electron chi connectivity index (χ1n) is 6.34. The van der Waals surface area contributed by atoms with Gasteiger partial charge in [-0.2, -0.15) is 5.10 Å². The van der Waals surface area contributed by atoms with Crippen LogP contribution in [0.5, 0.6) is 0 Å². The number of hydrogen-bond acceptors (Lipinski definition) is 3. The summed E-state index contributed by atoms with van der Waals surface area (Å²) in [6.07, 6.45) is 0.729. The Bertz CT molecular complexity index is 625. The second kappa shape index (κ2) is 5.77. The van der Waals surface area contributed by atoms with E-state index in [1.807, 2.05) is 47.8 Å². The summed E-state index contributed by atoms with van der Waals surface area (Å²) in [7, 11) is 0. The van der Waals surface area contributed by atoms with Crippen molar-refractivity contribution >= 4 is 34.6 Å². The fourth-order valence-electron chi connectivity index (χ4n) is 2.31. The van der Waals surface area contributed by atoms with Gasteiger partial charge in [0.15, 0.2) is 0 Å². The SMILES string of the molecule is O=C(CCl)N1N=C(c2ccccc2)CC1c1cccs1. The van der Waals surface area contributed by atoms with Gasteiger partial charge in [0.2, 0.25) is 0 Å². The van der Waals surface area contributed by atoms with Gasteiger partial charge in [0.05, 0.1) is 11.8 Å². The van der Waals surface area contributed by atoms with Gasteiger partial charge in [-0.05, 0) is 17.0 Å². The van der Waals surface area contributed by atoms with Crippen molar-refractivity contribution in [1.29, 1.82) is 0 Å². The van der Waals surface area contributed by atoms with E-state index in [0.29, 0.717) is 0 Å². The molecule has 0 bridgehead atoms. The van der Waals surface area contributed by atoms with Crippen molar-refractivity contribution in [3.63, 3.8) is 0 Å². The van der Waals surface area contributed by atoms with Crippen molar-refractivity contribution in [1.82, 2.24) is 5.01 Å². The number of benzene rings is 1. The molecule has 1 aromatic heterocycles. The van der Waals surface area contributed by atoms with Crippen molar-refractivity contribution < 1.29 is 4.79 Å². The monoisotopic (exact) mass is 304 g/mol. The second-order valence-electron chi connectivity index (χ2n) is 4.52. The van der Waals surface area contributed by atoms with Crippen molar-refractivity contribution in [2.75, 3.05) is 5.88 Å². The zero-order valence-electron chi connectivity index (χ0n) is 10.7.